The molecule has 0 aliphatic rings. The lowest BCUT2D eigenvalue weighted by Crippen LogP contribution is -2.37. The zero-order chi connectivity index (χ0) is 17.2. The Morgan fingerprint density at radius 1 is 1.17 bits per heavy atom. The highest BCUT2D eigenvalue weighted by Crippen LogP contribution is 2.19. The number of amides is 2. The first-order valence-corrected chi connectivity index (χ1v) is 8.86. The Hall–Kier alpha value is -2.01. The Balaban J connectivity index is 1.60. The monoisotopic (exact) mass is 331 g/mol. The zero-order valence-electron chi connectivity index (χ0n) is 14.8. The summed E-state index contributed by atoms with van der Waals surface area (Å²) in [5.74, 6) is 0. The van der Waals surface area contributed by atoms with Gasteiger partial charge in [0.1, 0.15) is 0 Å². The molecule has 0 spiro atoms. The number of hydrogen-bond acceptors (Lipinski definition) is 2. The van der Waals surface area contributed by atoms with Gasteiger partial charge in [-0.3, -0.25) is 0 Å². The molecule has 2 aromatic rings. The normalized spacial score (nSPS) is 10.9. The van der Waals surface area contributed by atoms with Gasteiger partial charge in [0.05, 0.1) is 0 Å². The van der Waals surface area contributed by atoms with Crippen LogP contribution in [0.1, 0.15) is 37.3 Å². The minimum atomic E-state index is -0.112. The number of aromatic nitrogens is 1. The summed E-state index contributed by atoms with van der Waals surface area (Å²) in [7, 11) is 0. The molecular formula is C19H29N3O2. The van der Waals surface area contributed by atoms with Crippen LogP contribution in [0.5, 0.6) is 0 Å². The Morgan fingerprint density at radius 3 is 2.79 bits per heavy atom. The average molecular weight is 331 g/mol. The molecule has 2 rings (SSSR count). The van der Waals surface area contributed by atoms with E-state index in [1.54, 1.807) is 0 Å². The van der Waals surface area contributed by atoms with Gasteiger partial charge in [0.2, 0.25) is 0 Å². The predicted octanol–water partition coefficient (Wildman–Crippen LogP) is 3.52. The van der Waals surface area contributed by atoms with E-state index in [1.165, 1.54) is 16.5 Å². The largest absolute Gasteiger partial charge is 0.381 e. The smallest absolute Gasteiger partial charge is 0.314 e. The van der Waals surface area contributed by atoms with E-state index < -0.39 is 0 Å². The van der Waals surface area contributed by atoms with Crippen molar-refractivity contribution < 1.29 is 9.53 Å². The van der Waals surface area contributed by atoms with Crippen LogP contribution in [0.2, 0.25) is 0 Å². The molecule has 0 saturated carbocycles. The van der Waals surface area contributed by atoms with Gasteiger partial charge in [0.25, 0.3) is 0 Å². The Labute approximate surface area is 144 Å². The Bertz CT molecular complexity index is 637. The minimum absolute atomic E-state index is 0.112. The van der Waals surface area contributed by atoms with E-state index in [-0.39, 0.29) is 6.03 Å². The van der Waals surface area contributed by atoms with Crippen LogP contribution in [0.25, 0.3) is 10.9 Å². The zero-order valence-corrected chi connectivity index (χ0v) is 14.8. The standard InChI is InChI=1S/C19H29N3O2/c1-3-4-11-24-12-5-9-20-19(23)21-10-8-16-14-22-18-13-15(2)6-7-17(16)18/h6-7,13-14,22H,3-5,8-12H2,1-2H3,(H2,20,21,23). The third kappa shape index (κ3) is 5.89. The second-order valence-corrected chi connectivity index (χ2v) is 6.12. The van der Waals surface area contributed by atoms with Crippen LogP contribution >= 0.6 is 0 Å². The number of nitrogens with one attached hydrogen (secondary N) is 3. The number of H-pyrrole nitrogens is 1. The minimum Gasteiger partial charge on any atom is -0.381 e. The van der Waals surface area contributed by atoms with Gasteiger partial charge in [0.15, 0.2) is 0 Å². The number of carbonyl (C=O) groups excluding carboxylic acids is 1. The fourth-order valence-electron chi connectivity index (χ4n) is 2.60. The molecule has 5 heteroatoms. The summed E-state index contributed by atoms with van der Waals surface area (Å²) < 4.78 is 5.46. The van der Waals surface area contributed by atoms with Crippen LogP contribution in [-0.4, -0.2) is 37.3 Å². The Morgan fingerprint density at radius 2 is 1.96 bits per heavy atom. The summed E-state index contributed by atoms with van der Waals surface area (Å²) in [6.07, 6.45) is 5.94. The molecule has 0 aliphatic carbocycles. The van der Waals surface area contributed by atoms with Crippen LogP contribution in [0, 0.1) is 6.92 Å². The first-order chi connectivity index (χ1) is 11.7. The first-order valence-electron chi connectivity index (χ1n) is 8.86. The number of hydrogen-bond donors (Lipinski definition) is 3. The second-order valence-electron chi connectivity index (χ2n) is 6.12. The van der Waals surface area contributed by atoms with E-state index in [0.717, 1.165) is 37.8 Å². The third-order valence-electron chi connectivity index (χ3n) is 4.00. The summed E-state index contributed by atoms with van der Waals surface area (Å²) in [6, 6.07) is 6.28. The summed E-state index contributed by atoms with van der Waals surface area (Å²) in [6.45, 7) is 7.01. The highest BCUT2D eigenvalue weighted by molar-refractivity contribution is 5.83. The molecule has 132 valence electrons. The number of urea groups is 1. The lowest BCUT2D eigenvalue weighted by Gasteiger charge is -2.08. The van der Waals surface area contributed by atoms with Crippen LogP contribution < -0.4 is 10.6 Å². The molecule has 0 atom stereocenters. The molecular weight excluding hydrogens is 302 g/mol. The van der Waals surface area contributed by atoms with Crippen LogP contribution in [-0.2, 0) is 11.2 Å². The molecule has 2 amide bonds. The fourth-order valence-corrected chi connectivity index (χ4v) is 2.60. The molecule has 0 aliphatic heterocycles. The van der Waals surface area contributed by atoms with Gasteiger partial charge in [-0.2, -0.15) is 0 Å². The maximum atomic E-state index is 11.7. The van der Waals surface area contributed by atoms with Crippen molar-refractivity contribution in [2.75, 3.05) is 26.3 Å². The van der Waals surface area contributed by atoms with Crippen molar-refractivity contribution in [3.05, 3.63) is 35.5 Å². The number of aryl methyl sites for hydroxylation is 1. The predicted molar refractivity (Wildman–Crippen MR) is 98.5 cm³/mol. The number of unbranched alkanes of at least 4 members (excludes halogenated alkanes) is 1. The van der Waals surface area contributed by atoms with Crippen LogP contribution in [0.3, 0.4) is 0 Å². The van der Waals surface area contributed by atoms with Crippen LogP contribution in [0.4, 0.5) is 4.79 Å². The fraction of sp³-hybridized carbons (Fsp3) is 0.526. The maximum absolute atomic E-state index is 11.7. The molecule has 3 N–H and O–H groups in total. The van der Waals surface area contributed by atoms with Crippen molar-refractivity contribution in [2.45, 2.75) is 39.5 Å². The summed E-state index contributed by atoms with van der Waals surface area (Å²) >= 11 is 0. The second kappa shape index (κ2) is 9.98. The number of fused-ring (bicyclic) bond motifs is 1. The topological polar surface area (TPSA) is 66.2 Å². The molecule has 1 heterocycles. The number of aromatic amines is 1. The van der Waals surface area contributed by atoms with E-state index in [0.29, 0.717) is 19.7 Å². The molecule has 0 unspecified atom stereocenters. The van der Waals surface area contributed by atoms with Crippen molar-refractivity contribution in [2.24, 2.45) is 0 Å². The summed E-state index contributed by atoms with van der Waals surface area (Å²) in [5, 5.41) is 6.99. The molecule has 0 bridgehead atoms. The lowest BCUT2D eigenvalue weighted by atomic mass is 10.1. The van der Waals surface area contributed by atoms with Crippen molar-refractivity contribution >= 4 is 16.9 Å². The number of ether oxygens (including phenoxy) is 1. The van der Waals surface area contributed by atoms with Crippen LogP contribution in [0.15, 0.2) is 24.4 Å². The van der Waals surface area contributed by atoms with Gasteiger partial charge >= 0.3 is 6.03 Å². The van der Waals surface area contributed by atoms with Crippen molar-refractivity contribution in [1.29, 1.82) is 0 Å². The molecule has 0 radical (unpaired) electrons. The Kier molecular flexibility index (Phi) is 7.62. The van der Waals surface area contributed by atoms with Gasteiger partial charge in [0, 0.05) is 43.4 Å². The first kappa shape index (κ1) is 18.3. The van der Waals surface area contributed by atoms with Crippen molar-refractivity contribution in [3.8, 4) is 0 Å². The van der Waals surface area contributed by atoms with Crippen molar-refractivity contribution in [3.63, 3.8) is 0 Å². The third-order valence-corrected chi connectivity index (χ3v) is 4.00. The van der Waals surface area contributed by atoms with E-state index in [2.05, 4.69) is 47.7 Å². The summed E-state index contributed by atoms with van der Waals surface area (Å²) in [4.78, 5) is 15.0. The van der Waals surface area contributed by atoms with E-state index in [1.807, 2.05) is 6.20 Å². The van der Waals surface area contributed by atoms with E-state index in [9.17, 15) is 4.79 Å². The van der Waals surface area contributed by atoms with Gasteiger partial charge in [-0.15, -0.1) is 0 Å². The molecule has 24 heavy (non-hydrogen) atoms. The highest BCUT2D eigenvalue weighted by Gasteiger charge is 2.05. The van der Waals surface area contributed by atoms with Gasteiger partial charge < -0.3 is 20.4 Å². The molecule has 1 aromatic carbocycles. The lowest BCUT2D eigenvalue weighted by molar-refractivity contribution is 0.129. The van der Waals surface area contributed by atoms with E-state index >= 15 is 0 Å². The molecule has 5 nitrogen and oxygen atoms in total. The summed E-state index contributed by atoms with van der Waals surface area (Å²) in [5.41, 5.74) is 3.62. The van der Waals surface area contributed by atoms with E-state index in [4.69, 9.17) is 4.74 Å². The van der Waals surface area contributed by atoms with Crippen molar-refractivity contribution in [1.82, 2.24) is 15.6 Å². The quantitative estimate of drug-likeness (QED) is 0.583. The van der Waals surface area contributed by atoms with Gasteiger partial charge in [-0.05, 0) is 43.4 Å². The SMILES string of the molecule is CCCCOCCCNC(=O)NCCc1c[nH]c2cc(C)ccc12. The molecule has 1 aromatic heterocycles. The molecule has 0 saturated heterocycles. The number of benzene rings is 1. The number of rotatable bonds is 10. The van der Waals surface area contributed by atoms with Gasteiger partial charge in [-0.1, -0.05) is 25.5 Å². The number of carbonyl (C=O) groups is 1. The molecule has 0 fully saturated rings. The highest BCUT2D eigenvalue weighted by atomic mass is 16.5. The average Bonchev–Trinajstić information content (AvgIpc) is 2.96. The maximum Gasteiger partial charge on any atom is 0.314 e. The van der Waals surface area contributed by atoms with Gasteiger partial charge in [-0.25, -0.2) is 4.79 Å².